The number of para-hydroxylation sites is 2. The maximum Gasteiger partial charge on any atom is 0.162 e. The van der Waals surface area contributed by atoms with Gasteiger partial charge in [-0.25, -0.2) is 9.98 Å². The molecule has 21 heavy (non-hydrogen) atoms. The first kappa shape index (κ1) is 15.0. The largest absolute Gasteiger partial charge is 0.245 e. The summed E-state index contributed by atoms with van der Waals surface area (Å²) in [6.07, 6.45) is 0. The van der Waals surface area contributed by atoms with Crippen LogP contribution in [0.4, 0.5) is 5.69 Å². The number of hydrogen-bond donors (Lipinski definition) is 1. The predicted molar refractivity (Wildman–Crippen MR) is 99.5 cm³/mol. The number of benzene rings is 2. The Kier molecular flexibility index (Phi) is 4.90. The Balaban J connectivity index is 1.71. The van der Waals surface area contributed by atoms with Crippen molar-refractivity contribution in [3.05, 3.63) is 48.5 Å². The Morgan fingerprint density at radius 2 is 1.90 bits per heavy atom. The quantitative estimate of drug-likeness (QED) is 0.269. The molecule has 2 nitrogen and oxygen atoms in total. The van der Waals surface area contributed by atoms with Crippen LogP contribution in [-0.4, -0.2) is 10.0 Å². The van der Waals surface area contributed by atoms with Crippen LogP contribution in [0, 0.1) is 0 Å². The average molecular weight is 349 g/mol. The van der Waals surface area contributed by atoms with Crippen molar-refractivity contribution in [2.75, 3.05) is 0 Å². The molecule has 6 heteroatoms. The predicted octanol–water partition coefficient (Wildman–Crippen LogP) is 6.08. The SMILES string of the molecule is CC(=Nc1ccccc1S)SSc1nc2ccccc2s1. The van der Waals surface area contributed by atoms with Gasteiger partial charge in [0.05, 0.1) is 20.9 Å². The number of fused-ring (bicyclic) bond motifs is 1. The molecule has 0 aliphatic heterocycles. The van der Waals surface area contributed by atoms with Crippen LogP contribution in [0.15, 0.2) is 62.8 Å². The lowest BCUT2D eigenvalue weighted by atomic mass is 10.3. The molecule has 0 aliphatic rings. The molecule has 106 valence electrons. The van der Waals surface area contributed by atoms with Crippen molar-refractivity contribution in [1.82, 2.24) is 4.98 Å². The Morgan fingerprint density at radius 3 is 2.71 bits per heavy atom. The van der Waals surface area contributed by atoms with Gasteiger partial charge in [-0.05, 0) is 52.8 Å². The van der Waals surface area contributed by atoms with Crippen LogP contribution in [0.5, 0.6) is 0 Å². The summed E-state index contributed by atoms with van der Waals surface area (Å²) in [5.74, 6) is 0. The maximum atomic E-state index is 4.60. The molecular weight excluding hydrogens is 336 g/mol. The Bertz CT molecular complexity index is 762. The third-order valence-electron chi connectivity index (χ3n) is 2.67. The molecule has 0 spiro atoms. The number of nitrogens with zero attached hydrogens (tertiary/aromatic N) is 2. The van der Waals surface area contributed by atoms with Gasteiger partial charge >= 0.3 is 0 Å². The number of hydrogen-bond acceptors (Lipinski definition) is 6. The third kappa shape index (κ3) is 3.83. The summed E-state index contributed by atoms with van der Waals surface area (Å²) >= 11 is 6.12. The van der Waals surface area contributed by atoms with Crippen LogP contribution < -0.4 is 0 Å². The second-order valence-corrected chi connectivity index (χ2v) is 8.32. The highest BCUT2D eigenvalue weighted by atomic mass is 33.1. The highest BCUT2D eigenvalue weighted by molar-refractivity contribution is 8.82. The number of thiazole rings is 1. The zero-order valence-electron chi connectivity index (χ0n) is 11.2. The van der Waals surface area contributed by atoms with Gasteiger partial charge < -0.3 is 0 Å². The van der Waals surface area contributed by atoms with E-state index in [1.165, 1.54) is 4.70 Å². The van der Waals surface area contributed by atoms with Gasteiger partial charge in [-0.15, -0.1) is 24.0 Å². The summed E-state index contributed by atoms with van der Waals surface area (Å²) in [5.41, 5.74) is 1.96. The number of aliphatic imine (C=N–C) groups is 1. The van der Waals surface area contributed by atoms with Gasteiger partial charge in [0.1, 0.15) is 0 Å². The van der Waals surface area contributed by atoms with E-state index in [1.807, 2.05) is 49.4 Å². The van der Waals surface area contributed by atoms with Crippen molar-refractivity contribution in [2.45, 2.75) is 16.2 Å². The average Bonchev–Trinajstić information content (AvgIpc) is 2.90. The van der Waals surface area contributed by atoms with Crippen molar-refractivity contribution in [3.8, 4) is 0 Å². The Labute approximate surface area is 140 Å². The van der Waals surface area contributed by atoms with Crippen molar-refractivity contribution >= 4 is 66.5 Å². The molecule has 1 heterocycles. The first-order chi connectivity index (χ1) is 10.2. The fraction of sp³-hybridized carbons (Fsp3) is 0.0667. The standard InChI is InChI=1S/C15H12N2S4/c1-10(16-11-6-2-4-8-13(11)18)20-21-15-17-12-7-3-5-9-14(12)19-15/h2-9,18H,1H3. The summed E-state index contributed by atoms with van der Waals surface area (Å²) in [6.45, 7) is 2.01. The molecule has 3 aromatic rings. The van der Waals surface area contributed by atoms with Crippen LogP contribution in [-0.2, 0) is 0 Å². The molecule has 0 atom stereocenters. The van der Waals surface area contributed by atoms with Crippen molar-refractivity contribution < 1.29 is 0 Å². The molecule has 0 N–H and O–H groups in total. The van der Waals surface area contributed by atoms with Gasteiger partial charge in [-0.3, -0.25) is 0 Å². The van der Waals surface area contributed by atoms with Crippen molar-refractivity contribution in [1.29, 1.82) is 0 Å². The zero-order valence-corrected chi connectivity index (χ0v) is 14.5. The Hall–Kier alpha value is -0.950. The fourth-order valence-corrected chi connectivity index (χ4v) is 4.92. The van der Waals surface area contributed by atoms with E-state index in [1.54, 1.807) is 32.9 Å². The van der Waals surface area contributed by atoms with Gasteiger partial charge in [0.25, 0.3) is 0 Å². The number of rotatable bonds is 3. The van der Waals surface area contributed by atoms with E-state index in [4.69, 9.17) is 0 Å². The van der Waals surface area contributed by atoms with E-state index in [0.29, 0.717) is 0 Å². The van der Waals surface area contributed by atoms with E-state index in [-0.39, 0.29) is 0 Å². The van der Waals surface area contributed by atoms with E-state index in [9.17, 15) is 0 Å². The van der Waals surface area contributed by atoms with Gasteiger partial charge in [-0.1, -0.05) is 24.3 Å². The van der Waals surface area contributed by atoms with E-state index in [2.05, 4.69) is 28.7 Å². The van der Waals surface area contributed by atoms with Gasteiger partial charge in [0.2, 0.25) is 0 Å². The second-order valence-electron chi connectivity index (χ2n) is 4.23. The second kappa shape index (κ2) is 6.87. The maximum absolute atomic E-state index is 4.60. The monoisotopic (exact) mass is 348 g/mol. The topological polar surface area (TPSA) is 25.2 Å². The molecule has 0 fully saturated rings. The molecule has 3 rings (SSSR count). The molecule has 0 amide bonds. The highest BCUT2D eigenvalue weighted by Crippen LogP contribution is 2.38. The Morgan fingerprint density at radius 1 is 1.14 bits per heavy atom. The molecule has 1 aromatic heterocycles. The number of thiol groups is 1. The normalized spacial score (nSPS) is 12.0. The first-order valence-corrected chi connectivity index (χ1v) is 9.67. The fourth-order valence-electron chi connectivity index (χ4n) is 1.73. The zero-order chi connectivity index (χ0) is 14.7. The summed E-state index contributed by atoms with van der Waals surface area (Å²) < 4.78 is 2.27. The van der Waals surface area contributed by atoms with Gasteiger partial charge in [0.15, 0.2) is 4.34 Å². The summed E-state index contributed by atoms with van der Waals surface area (Å²) in [7, 11) is 3.28. The van der Waals surface area contributed by atoms with Gasteiger partial charge in [-0.2, -0.15) is 0 Å². The summed E-state index contributed by atoms with van der Waals surface area (Å²) in [5, 5.41) is 0.987. The molecule has 0 bridgehead atoms. The minimum Gasteiger partial charge on any atom is -0.245 e. The third-order valence-corrected chi connectivity index (χ3v) is 6.79. The molecule has 0 unspecified atom stereocenters. The smallest absolute Gasteiger partial charge is 0.162 e. The molecule has 0 saturated carbocycles. The minimum absolute atomic E-state index is 0.891. The molecule has 0 saturated heterocycles. The molecule has 2 aromatic carbocycles. The summed E-state index contributed by atoms with van der Waals surface area (Å²) in [4.78, 5) is 10.1. The summed E-state index contributed by atoms with van der Waals surface area (Å²) in [6, 6.07) is 16.0. The highest BCUT2D eigenvalue weighted by Gasteiger charge is 2.05. The lowest BCUT2D eigenvalue weighted by molar-refractivity contribution is 1.31. The molecule has 0 radical (unpaired) electrons. The van der Waals surface area contributed by atoms with E-state index >= 15 is 0 Å². The van der Waals surface area contributed by atoms with Crippen LogP contribution in [0.1, 0.15) is 6.92 Å². The van der Waals surface area contributed by atoms with E-state index in [0.717, 1.165) is 25.5 Å². The first-order valence-electron chi connectivity index (χ1n) is 6.26. The van der Waals surface area contributed by atoms with E-state index < -0.39 is 0 Å². The molecule has 0 aliphatic carbocycles. The van der Waals surface area contributed by atoms with Crippen LogP contribution in [0.3, 0.4) is 0 Å². The van der Waals surface area contributed by atoms with Crippen LogP contribution in [0.25, 0.3) is 10.2 Å². The van der Waals surface area contributed by atoms with Crippen molar-refractivity contribution in [2.24, 2.45) is 4.99 Å². The molecular formula is C15H12N2S4. The van der Waals surface area contributed by atoms with Gasteiger partial charge in [0, 0.05) is 4.90 Å². The lowest BCUT2D eigenvalue weighted by Gasteiger charge is -2.00. The lowest BCUT2D eigenvalue weighted by Crippen LogP contribution is -1.80. The van der Waals surface area contributed by atoms with Crippen LogP contribution >= 0.6 is 45.6 Å². The van der Waals surface area contributed by atoms with Crippen LogP contribution in [0.2, 0.25) is 0 Å². The number of aromatic nitrogens is 1. The van der Waals surface area contributed by atoms with Crippen molar-refractivity contribution in [3.63, 3.8) is 0 Å². The minimum atomic E-state index is 0.891.